The van der Waals surface area contributed by atoms with Crippen molar-refractivity contribution in [3.8, 4) is 17.1 Å². The molecule has 1 aromatic heterocycles. The van der Waals surface area contributed by atoms with Crippen LogP contribution >= 0.6 is 0 Å². The number of ether oxygens (including phenoxy) is 2. The van der Waals surface area contributed by atoms with Crippen LogP contribution in [0, 0.1) is 5.82 Å². The highest BCUT2D eigenvalue weighted by molar-refractivity contribution is 5.97. The van der Waals surface area contributed by atoms with Crippen LogP contribution in [0.5, 0.6) is 6.01 Å². The van der Waals surface area contributed by atoms with Crippen molar-refractivity contribution in [1.29, 1.82) is 0 Å². The number of carbonyl (C=O) groups is 1. The van der Waals surface area contributed by atoms with E-state index >= 15 is 4.39 Å². The van der Waals surface area contributed by atoms with Crippen LogP contribution in [0.25, 0.3) is 17.2 Å². The first-order chi connectivity index (χ1) is 16.2. The van der Waals surface area contributed by atoms with Gasteiger partial charge in [0, 0.05) is 5.56 Å². The van der Waals surface area contributed by atoms with Crippen molar-refractivity contribution in [2.24, 2.45) is 5.16 Å². The Morgan fingerprint density at radius 1 is 1.26 bits per heavy atom. The summed E-state index contributed by atoms with van der Waals surface area (Å²) in [4.78, 5) is 17.0. The highest BCUT2D eigenvalue weighted by Gasteiger charge is 2.22. The topological polar surface area (TPSA) is 85.9 Å². The molecule has 0 aliphatic rings. The molecule has 1 N–H and O–H groups in total. The summed E-state index contributed by atoms with van der Waals surface area (Å²) in [6.45, 7) is 11.3. The number of nitrogens with zero attached hydrogens (tertiary/aromatic N) is 3. The zero-order valence-corrected chi connectivity index (χ0v) is 19.7. The van der Waals surface area contributed by atoms with Gasteiger partial charge in [0.15, 0.2) is 0 Å². The zero-order valence-electron chi connectivity index (χ0n) is 19.7. The lowest BCUT2D eigenvalue weighted by molar-refractivity contribution is 0.00704. The molecule has 0 amide bonds. The fraction of sp³-hybridized carbons (Fsp3) is 0.269. The van der Waals surface area contributed by atoms with Crippen molar-refractivity contribution in [2.45, 2.75) is 39.8 Å². The van der Waals surface area contributed by atoms with Gasteiger partial charge in [-0.25, -0.2) is 9.18 Å². The molecule has 178 valence electrons. The maximum Gasteiger partial charge on any atom is 0.339 e. The van der Waals surface area contributed by atoms with E-state index in [1.807, 2.05) is 6.92 Å². The van der Waals surface area contributed by atoms with Gasteiger partial charge in [-0.2, -0.15) is 4.98 Å². The molecule has 0 saturated heterocycles. The number of hydrogen-bond acceptors (Lipinski definition) is 6. The number of halogens is 1. The molecule has 0 fully saturated rings. The quantitative estimate of drug-likeness (QED) is 0.204. The molecule has 0 atom stereocenters. The summed E-state index contributed by atoms with van der Waals surface area (Å²) in [6.07, 6.45) is 2.71. The predicted molar refractivity (Wildman–Crippen MR) is 129 cm³/mol. The van der Waals surface area contributed by atoms with Crippen molar-refractivity contribution in [1.82, 2.24) is 9.55 Å². The zero-order chi connectivity index (χ0) is 24.9. The van der Waals surface area contributed by atoms with E-state index in [9.17, 15) is 4.79 Å². The molecule has 34 heavy (non-hydrogen) atoms. The van der Waals surface area contributed by atoms with Crippen molar-refractivity contribution in [3.05, 3.63) is 77.4 Å². The van der Waals surface area contributed by atoms with Crippen LogP contribution < -0.4 is 4.74 Å². The van der Waals surface area contributed by atoms with Crippen LogP contribution in [-0.2, 0) is 11.3 Å². The Labute approximate surface area is 198 Å². The van der Waals surface area contributed by atoms with Gasteiger partial charge in [0.05, 0.1) is 36.3 Å². The predicted octanol–water partition coefficient (Wildman–Crippen LogP) is 5.54. The minimum absolute atomic E-state index is 0.0807. The highest BCUT2D eigenvalue weighted by atomic mass is 19.1. The van der Waals surface area contributed by atoms with Gasteiger partial charge in [-0.05, 0) is 57.0 Å². The van der Waals surface area contributed by atoms with Gasteiger partial charge < -0.3 is 14.7 Å². The van der Waals surface area contributed by atoms with E-state index in [1.54, 1.807) is 61.7 Å². The van der Waals surface area contributed by atoms with Gasteiger partial charge in [0.1, 0.15) is 11.4 Å². The lowest BCUT2D eigenvalue weighted by Crippen LogP contribution is -2.24. The molecule has 0 bridgehead atoms. The van der Waals surface area contributed by atoms with E-state index in [-0.39, 0.29) is 12.6 Å². The number of oxime groups is 1. The number of benzene rings is 2. The summed E-state index contributed by atoms with van der Waals surface area (Å²) in [5.74, 6) is -0.947. The lowest BCUT2D eigenvalue weighted by atomic mass is 9.98. The SMILES string of the molecule is C=Cc1nc(OCC)n(Cc2ccc(-c3ccccc3C(=O)OC(C)(C)C)cc2F)c1C=NO. The molecule has 0 aliphatic carbocycles. The first-order valence-corrected chi connectivity index (χ1v) is 10.8. The summed E-state index contributed by atoms with van der Waals surface area (Å²) in [7, 11) is 0. The number of imidazole rings is 1. The van der Waals surface area contributed by atoms with Gasteiger partial charge in [-0.15, -0.1) is 0 Å². The summed E-state index contributed by atoms with van der Waals surface area (Å²) in [6, 6.07) is 12.0. The van der Waals surface area contributed by atoms with Crippen molar-refractivity contribution in [2.75, 3.05) is 6.61 Å². The van der Waals surface area contributed by atoms with Gasteiger partial charge in [-0.1, -0.05) is 42.1 Å². The van der Waals surface area contributed by atoms with Crippen LogP contribution in [0.3, 0.4) is 0 Å². The first-order valence-electron chi connectivity index (χ1n) is 10.8. The Bertz CT molecular complexity index is 1230. The number of hydrogen-bond donors (Lipinski definition) is 1. The molecule has 8 heteroatoms. The van der Waals surface area contributed by atoms with Crippen LogP contribution in [-0.4, -0.2) is 39.2 Å². The fourth-order valence-corrected chi connectivity index (χ4v) is 3.45. The smallest absolute Gasteiger partial charge is 0.339 e. The van der Waals surface area contributed by atoms with Gasteiger partial charge >= 0.3 is 5.97 Å². The van der Waals surface area contributed by atoms with E-state index in [0.29, 0.717) is 40.2 Å². The number of rotatable bonds is 8. The molecule has 0 spiro atoms. The van der Waals surface area contributed by atoms with Crippen LogP contribution in [0.1, 0.15) is 55.0 Å². The normalized spacial score (nSPS) is 11.6. The second-order valence-electron chi connectivity index (χ2n) is 8.49. The third-order valence-electron chi connectivity index (χ3n) is 4.89. The standard InChI is InChI=1S/C26H28FN3O4/c1-6-22-23(15-28-32)30(25(29-22)33-7-2)16-18-13-12-17(14-21(18)27)19-10-8-9-11-20(19)24(31)34-26(3,4)5/h6,8-15,32H,1,7,16H2,2-5H3. The van der Waals surface area contributed by atoms with E-state index in [2.05, 4.69) is 16.7 Å². The minimum atomic E-state index is -0.651. The van der Waals surface area contributed by atoms with Gasteiger partial charge in [0.25, 0.3) is 6.01 Å². The lowest BCUT2D eigenvalue weighted by Gasteiger charge is -2.20. The third-order valence-corrected chi connectivity index (χ3v) is 4.89. The maximum atomic E-state index is 15.3. The minimum Gasteiger partial charge on any atom is -0.465 e. The Kier molecular flexibility index (Phi) is 7.50. The Morgan fingerprint density at radius 3 is 2.62 bits per heavy atom. The molecule has 7 nitrogen and oxygen atoms in total. The molecule has 0 aliphatic heterocycles. The third kappa shape index (κ3) is 5.51. The van der Waals surface area contributed by atoms with Gasteiger partial charge in [-0.3, -0.25) is 4.57 Å². The molecule has 0 unspecified atom stereocenters. The van der Waals surface area contributed by atoms with E-state index < -0.39 is 17.4 Å². The number of aromatic nitrogens is 2. The number of carbonyl (C=O) groups excluding carboxylic acids is 1. The fourth-order valence-electron chi connectivity index (χ4n) is 3.45. The molecular formula is C26H28FN3O4. The summed E-state index contributed by atoms with van der Waals surface area (Å²) in [5.41, 5.74) is 2.06. The molecule has 3 rings (SSSR count). The Hall–Kier alpha value is -3.94. The van der Waals surface area contributed by atoms with Crippen LogP contribution in [0.15, 0.2) is 54.2 Å². The summed E-state index contributed by atoms with van der Waals surface area (Å²) < 4.78 is 27.9. The molecule has 0 radical (unpaired) electrons. The summed E-state index contributed by atoms with van der Waals surface area (Å²) in [5, 5.41) is 12.2. The van der Waals surface area contributed by atoms with E-state index in [1.165, 1.54) is 18.4 Å². The van der Waals surface area contributed by atoms with Crippen LogP contribution in [0.2, 0.25) is 0 Å². The summed E-state index contributed by atoms with van der Waals surface area (Å²) >= 11 is 0. The average Bonchev–Trinajstić information content (AvgIpc) is 3.10. The average molecular weight is 466 g/mol. The Morgan fingerprint density at radius 2 is 2.00 bits per heavy atom. The second kappa shape index (κ2) is 10.3. The largest absolute Gasteiger partial charge is 0.465 e. The first kappa shape index (κ1) is 24.7. The molecular weight excluding hydrogens is 437 g/mol. The van der Waals surface area contributed by atoms with Crippen molar-refractivity contribution >= 4 is 18.3 Å². The molecule has 0 saturated carbocycles. The molecule has 2 aromatic carbocycles. The van der Waals surface area contributed by atoms with Crippen LogP contribution in [0.4, 0.5) is 4.39 Å². The maximum absolute atomic E-state index is 15.3. The number of esters is 1. The van der Waals surface area contributed by atoms with Crippen molar-refractivity contribution < 1.29 is 23.9 Å². The van der Waals surface area contributed by atoms with E-state index in [4.69, 9.17) is 14.7 Å². The Balaban J connectivity index is 1.99. The highest BCUT2D eigenvalue weighted by Crippen LogP contribution is 2.28. The van der Waals surface area contributed by atoms with E-state index in [0.717, 1.165) is 0 Å². The molecule has 3 aromatic rings. The monoisotopic (exact) mass is 465 g/mol. The molecule has 1 heterocycles. The van der Waals surface area contributed by atoms with Gasteiger partial charge in [0.2, 0.25) is 0 Å². The van der Waals surface area contributed by atoms with Crippen molar-refractivity contribution in [3.63, 3.8) is 0 Å². The second-order valence-corrected chi connectivity index (χ2v) is 8.49.